The quantitative estimate of drug-likeness (QED) is 0.904. The van der Waals surface area contributed by atoms with Crippen molar-refractivity contribution in [2.75, 3.05) is 19.8 Å². The molecule has 4 nitrogen and oxygen atoms in total. The maximum Gasteiger partial charge on any atom is 0.143 e. The van der Waals surface area contributed by atoms with Crippen molar-refractivity contribution in [2.45, 2.75) is 32.2 Å². The van der Waals surface area contributed by atoms with Crippen molar-refractivity contribution in [1.82, 2.24) is 0 Å². The lowest BCUT2D eigenvalue weighted by molar-refractivity contribution is -0.128. The van der Waals surface area contributed by atoms with Gasteiger partial charge in [-0.05, 0) is 30.5 Å². The number of hydrogen-bond donors (Lipinski definition) is 1. The van der Waals surface area contributed by atoms with Crippen LogP contribution < -0.4 is 10.5 Å². The molecule has 3 rings (SSSR count). The average molecular weight is 275 g/mol. The number of hydrogen-bond acceptors (Lipinski definition) is 4. The van der Waals surface area contributed by atoms with Gasteiger partial charge in [-0.2, -0.15) is 0 Å². The molecule has 0 spiro atoms. The standard InChI is InChI=1S/C16H21NO3/c1-16(10-19-9-14(16)17)15(18)5-3-11-2-4-13-12(8-11)6-7-20-13/h2,4,8,14H,3,5-7,9-10,17H2,1H3. The van der Waals surface area contributed by atoms with E-state index in [1.54, 1.807) is 0 Å². The van der Waals surface area contributed by atoms with Gasteiger partial charge in [-0.3, -0.25) is 4.79 Å². The number of ketones is 1. The molecule has 2 atom stereocenters. The molecule has 0 aromatic heterocycles. The Hall–Kier alpha value is -1.39. The average Bonchev–Trinajstić information content (AvgIpc) is 3.03. The number of nitrogens with two attached hydrogens (primary N) is 1. The Morgan fingerprint density at radius 1 is 1.50 bits per heavy atom. The minimum atomic E-state index is -0.514. The van der Waals surface area contributed by atoms with E-state index in [0.717, 1.165) is 25.2 Å². The molecule has 0 bridgehead atoms. The fourth-order valence-electron chi connectivity index (χ4n) is 2.91. The first-order chi connectivity index (χ1) is 9.59. The van der Waals surface area contributed by atoms with Crippen LogP contribution in [-0.4, -0.2) is 31.6 Å². The zero-order valence-corrected chi connectivity index (χ0v) is 11.9. The summed E-state index contributed by atoms with van der Waals surface area (Å²) < 4.78 is 10.8. The highest BCUT2D eigenvalue weighted by atomic mass is 16.5. The monoisotopic (exact) mass is 275 g/mol. The summed E-state index contributed by atoms with van der Waals surface area (Å²) in [4.78, 5) is 12.4. The molecule has 0 aliphatic carbocycles. The van der Waals surface area contributed by atoms with E-state index in [1.807, 2.05) is 19.1 Å². The van der Waals surface area contributed by atoms with Gasteiger partial charge in [0.05, 0.1) is 25.2 Å². The van der Waals surface area contributed by atoms with E-state index in [4.69, 9.17) is 15.2 Å². The van der Waals surface area contributed by atoms with Gasteiger partial charge < -0.3 is 15.2 Å². The Morgan fingerprint density at radius 2 is 2.35 bits per heavy atom. The van der Waals surface area contributed by atoms with Crippen LogP contribution in [0.15, 0.2) is 18.2 Å². The number of benzene rings is 1. The van der Waals surface area contributed by atoms with Crippen molar-refractivity contribution in [2.24, 2.45) is 11.1 Å². The van der Waals surface area contributed by atoms with Gasteiger partial charge in [0.1, 0.15) is 11.5 Å². The van der Waals surface area contributed by atoms with Gasteiger partial charge in [-0.25, -0.2) is 0 Å². The van der Waals surface area contributed by atoms with Crippen LogP contribution in [0, 0.1) is 5.41 Å². The van der Waals surface area contributed by atoms with Crippen molar-refractivity contribution < 1.29 is 14.3 Å². The predicted octanol–water partition coefficient (Wildman–Crippen LogP) is 1.49. The highest BCUT2D eigenvalue weighted by Crippen LogP contribution is 2.31. The maximum absolute atomic E-state index is 12.4. The summed E-state index contributed by atoms with van der Waals surface area (Å²) in [6, 6.07) is 6.03. The number of aryl methyl sites for hydroxylation is 1. The van der Waals surface area contributed by atoms with E-state index in [2.05, 4.69) is 6.07 Å². The van der Waals surface area contributed by atoms with Crippen molar-refractivity contribution in [3.8, 4) is 5.75 Å². The molecule has 1 saturated heterocycles. The van der Waals surface area contributed by atoms with E-state index in [9.17, 15) is 4.79 Å². The normalized spacial score (nSPS) is 28.2. The molecular weight excluding hydrogens is 254 g/mol. The van der Waals surface area contributed by atoms with Crippen LogP contribution in [-0.2, 0) is 22.4 Å². The van der Waals surface area contributed by atoms with Gasteiger partial charge in [-0.1, -0.05) is 12.1 Å². The fraction of sp³-hybridized carbons (Fsp3) is 0.562. The highest BCUT2D eigenvalue weighted by Gasteiger charge is 2.43. The molecule has 0 radical (unpaired) electrons. The summed E-state index contributed by atoms with van der Waals surface area (Å²) in [6.07, 6.45) is 2.25. The number of fused-ring (bicyclic) bond motifs is 1. The molecule has 1 aromatic rings. The molecule has 2 aliphatic heterocycles. The van der Waals surface area contributed by atoms with E-state index >= 15 is 0 Å². The molecule has 4 heteroatoms. The maximum atomic E-state index is 12.4. The summed E-state index contributed by atoms with van der Waals surface area (Å²) >= 11 is 0. The Balaban J connectivity index is 1.63. The smallest absolute Gasteiger partial charge is 0.143 e. The molecule has 1 aromatic carbocycles. The number of carbonyl (C=O) groups excluding carboxylic acids is 1. The van der Waals surface area contributed by atoms with Crippen LogP contribution >= 0.6 is 0 Å². The SMILES string of the molecule is CC1(C(=O)CCc2ccc3c(c2)CCO3)COCC1N. The predicted molar refractivity (Wildman–Crippen MR) is 75.9 cm³/mol. The lowest BCUT2D eigenvalue weighted by atomic mass is 9.79. The molecule has 108 valence electrons. The number of ether oxygens (including phenoxy) is 2. The van der Waals surface area contributed by atoms with Gasteiger partial charge >= 0.3 is 0 Å². The van der Waals surface area contributed by atoms with Crippen molar-refractivity contribution in [3.63, 3.8) is 0 Å². The van der Waals surface area contributed by atoms with Gasteiger partial charge in [0, 0.05) is 18.9 Å². The number of rotatable bonds is 4. The summed E-state index contributed by atoms with van der Waals surface area (Å²) in [5.41, 5.74) is 7.93. The molecule has 2 unspecified atom stereocenters. The molecular formula is C16H21NO3. The first kappa shape index (κ1) is 13.6. The first-order valence-electron chi connectivity index (χ1n) is 7.21. The molecule has 0 saturated carbocycles. The second kappa shape index (κ2) is 5.19. The Morgan fingerprint density at radius 3 is 3.10 bits per heavy atom. The largest absolute Gasteiger partial charge is 0.493 e. The van der Waals surface area contributed by atoms with Crippen molar-refractivity contribution in [3.05, 3.63) is 29.3 Å². The first-order valence-corrected chi connectivity index (χ1v) is 7.21. The summed E-state index contributed by atoms with van der Waals surface area (Å²) in [5, 5.41) is 0. The number of carbonyl (C=O) groups is 1. The van der Waals surface area contributed by atoms with E-state index < -0.39 is 5.41 Å². The zero-order valence-electron chi connectivity index (χ0n) is 11.9. The lowest BCUT2D eigenvalue weighted by Gasteiger charge is -2.25. The Kier molecular flexibility index (Phi) is 3.52. The van der Waals surface area contributed by atoms with Crippen LogP contribution in [0.25, 0.3) is 0 Å². The van der Waals surface area contributed by atoms with E-state index in [0.29, 0.717) is 19.6 Å². The van der Waals surface area contributed by atoms with Crippen LogP contribution in [0.5, 0.6) is 5.75 Å². The van der Waals surface area contributed by atoms with E-state index in [-0.39, 0.29) is 11.8 Å². The third kappa shape index (κ3) is 2.34. The summed E-state index contributed by atoms with van der Waals surface area (Å²) in [7, 11) is 0. The highest BCUT2D eigenvalue weighted by molar-refractivity contribution is 5.86. The van der Waals surface area contributed by atoms with Gasteiger partial charge in [0.25, 0.3) is 0 Å². The minimum absolute atomic E-state index is 0.177. The third-order valence-corrected chi connectivity index (χ3v) is 4.55. The zero-order chi connectivity index (χ0) is 14.2. The Bertz CT molecular complexity index is 528. The fourth-order valence-corrected chi connectivity index (χ4v) is 2.91. The van der Waals surface area contributed by atoms with E-state index in [1.165, 1.54) is 11.1 Å². The lowest BCUT2D eigenvalue weighted by Crippen LogP contribution is -2.44. The third-order valence-electron chi connectivity index (χ3n) is 4.55. The molecule has 20 heavy (non-hydrogen) atoms. The topological polar surface area (TPSA) is 61.5 Å². The Labute approximate surface area is 119 Å². The van der Waals surface area contributed by atoms with Crippen LogP contribution in [0.3, 0.4) is 0 Å². The summed E-state index contributed by atoms with van der Waals surface area (Å²) in [6.45, 7) is 3.62. The van der Waals surface area contributed by atoms with Gasteiger partial charge in [-0.15, -0.1) is 0 Å². The molecule has 0 amide bonds. The van der Waals surface area contributed by atoms with Crippen molar-refractivity contribution >= 4 is 5.78 Å². The molecule has 2 aliphatic rings. The molecule has 2 heterocycles. The molecule has 2 N–H and O–H groups in total. The second-order valence-electron chi connectivity index (χ2n) is 6.00. The van der Waals surface area contributed by atoms with Crippen LogP contribution in [0.2, 0.25) is 0 Å². The summed E-state index contributed by atoms with van der Waals surface area (Å²) in [5.74, 6) is 1.19. The van der Waals surface area contributed by atoms with Gasteiger partial charge in [0.2, 0.25) is 0 Å². The van der Waals surface area contributed by atoms with Crippen LogP contribution in [0.1, 0.15) is 24.5 Å². The number of Topliss-reactive ketones (excluding diaryl/α,β-unsaturated/α-hetero) is 1. The second-order valence-corrected chi connectivity index (χ2v) is 6.00. The minimum Gasteiger partial charge on any atom is -0.493 e. The molecule has 1 fully saturated rings. The van der Waals surface area contributed by atoms with Crippen LogP contribution in [0.4, 0.5) is 0 Å². The van der Waals surface area contributed by atoms with Crippen molar-refractivity contribution in [1.29, 1.82) is 0 Å². The van der Waals surface area contributed by atoms with Gasteiger partial charge in [0.15, 0.2) is 0 Å².